The molecule has 3 rings (SSSR count). The van der Waals surface area contributed by atoms with E-state index >= 15 is 0 Å². The maximum Gasteiger partial charge on any atom is 0.348 e. The first-order valence-corrected chi connectivity index (χ1v) is 7.65. The topological polar surface area (TPSA) is 81.9 Å². The Morgan fingerprint density at radius 3 is 2.00 bits per heavy atom. The number of primary amides is 1. The molecule has 0 atom stereocenters. The molecular weight excluding hydrogens is 308 g/mol. The van der Waals surface area contributed by atoms with E-state index in [9.17, 15) is 9.59 Å². The van der Waals surface area contributed by atoms with E-state index in [1.165, 1.54) is 0 Å². The second-order valence-electron chi connectivity index (χ2n) is 5.81. The van der Waals surface area contributed by atoms with Gasteiger partial charge in [0.1, 0.15) is 17.5 Å². The molecule has 2 aromatic rings. The quantitative estimate of drug-likeness (QED) is 0.858. The van der Waals surface area contributed by atoms with E-state index in [1.54, 1.807) is 26.0 Å². The van der Waals surface area contributed by atoms with Crippen LogP contribution in [0.3, 0.4) is 0 Å². The average Bonchev–Trinajstić information content (AvgIpc) is 2.57. The summed E-state index contributed by atoms with van der Waals surface area (Å²) in [7, 11) is 0. The van der Waals surface area contributed by atoms with Crippen molar-refractivity contribution < 1.29 is 19.2 Å². The van der Waals surface area contributed by atoms with Gasteiger partial charge in [0.15, 0.2) is 0 Å². The first-order chi connectivity index (χ1) is 11.5. The number of nitrogens with two attached hydrogens (primary N) is 1. The number of nitrogens with zero attached hydrogens (tertiary/aromatic N) is 1. The summed E-state index contributed by atoms with van der Waals surface area (Å²) in [5, 5.41) is 0.919. The fourth-order valence-electron chi connectivity index (χ4n) is 2.56. The van der Waals surface area contributed by atoms with Crippen LogP contribution in [0, 0.1) is 5.92 Å². The lowest BCUT2D eigenvalue weighted by Crippen LogP contribution is -2.42. The summed E-state index contributed by atoms with van der Waals surface area (Å²) in [5.41, 5.74) is 6.90. The van der Waals surface area contributed by atoms with Crippen molar-refractivity contribution in [1.82, 2.24) is 5.06 Å². The number of fused-ring (bicyclic) bond motifs is 2. The molecule has 0 aromatic heterocycles. The zero-order valence-corrected chi connectivity index (χ0v) is 13.4. The average molecular weight is 326 g/mol. The molecule has 0 saturated carbocycles. The van der Waals surface area contributed by atoms with Crippen LogP contribution in [0.25, 0.3) is 0 Å². The summed E-state index contributed by atoms with van der Waals surface area (Å²) >= 11 is 0. The molecule has 2 amide bonds. The molecule has 1 aliphatic rings. The third-order valence-corrected chi connectivity index (χ3v) is 3.76. The Hall–Kier alpha value is -3.02. The number of amides is 2. The van der Waals surface area contributed by atoms with Crippen molar-refractivity contribution in [1.29, 1.82) is 0 Å². The van der Waals surface area contributed by atoms with Crippen LogP contribution in [0.2, 0.25) is 0 Å². The van der Waals surface area contributed by atoms with Gasteiger partial charge in [0, 0.05) is 11.1 Å². The van der Waals surface area contributed by atoms with Gasteiger partial charge in [0.2, 0.25) is 0 Å². The van der Waals surface area contributed by atoms with Gasteiger partial charge in [-0.15, -0.1) is 5.06 Å². The summed E-state index contributed by atoms with van der Waals surface area (Å²) in [4.78, 5) is 29.3. The predicted octanol–water partition coefficient (Wildman–Crippen LogP) is 3.38. The van der Waals surface area contributed by atoms with Gasteiger partial charge in [-0.1, -0.05) is 50.2 Å². The maximum atomic E-state index is 12.0. The molecule has 0 unspecified atom stereocenters. The lowest BCUT2D eigenvalue weighted by atomic mass is 9.94. The molecule has 1 heterocycles. The molecule has 6 nitrogen and oxygen atoms in total. The second kappa shape index (κ2) is 6.23. The van der Waals surface area contributed by atoms with E-state index in [0.717, 1.165) is 5.06 Å². The highest BCUT2D eigenvalue weighted by atomic mass is 16.7. The normalized spacial score (nSPS) is 12.8. The van der Waals surface area contributed by atoms with Gasteiger partial charge in [0.05, 0.1) is 5.92 Å². The summed E-state index contributed by atoms with van der Waals surface area (Å²) in [5.74, 6) is 0.258. The van der Waals surface area contributed by atoms with Gasteiger partial charge in [-0.05, 0) is 12.1 Å². The van der Waals surface area contributed by atoms with Gasteiger partial charge in [-0.2, -0.15) is 0 Å². The summed E-state index contributed by atoms with van der Waals surface area (Å²) in [6.45, 7) is 3.38. The largest absolute Gasteiger partial charge is 0.457 e. The lowest BCUT2D eigenvalue weighted by molar-refractivity contribution is -0.186. The summed E-state index contributed by atoms with van der Waals surface area (Å²) in [6.07, 6.45) is 0. The van der Waals surface area contributed by atoms with Crippen LogP contribution in [0.15, 0.2) is 48.5 Å². The fourth-order valence-corrected chi connectivity index (χ4v) is 2.56. The van der Waals surface area contributed by atoms with E-state index in [2.05, 4.69) is 0 Å². The number of para-hydroxylation sites is 2. The van der Waals surface area contributed by atoms with Crippen molar-refractivity contribution in [3.05, 3.63) is 59.7 Å². The number of hydrogen-bond acceptors (Lipinski definition) is 4. The molecule has 0 saturated heterocycles. The third kappa shape index (κ3) is 2.78. The molecule has 124 valence electrons. The van der Waals surface area contributed by atoms with Crippen LogP contribution in [-0.2, 0) is 9.63 Å². The SMILES string of the molecule is CC(C)C(=O)ON(C(N)=O)C1c2ccccc2Oc2ccccc21. The number of hydroxylamine groups is 2. The van der Waals surface area contributed by atoms with Gasteiger partial charge >= 0.3 is 12.0 Å². The minimum atomic E-state index is -0.847. The standard InChI is InChI=1S/C18H18N2O4/c1-11(2)17(21)24-20(18(19)22)16-12-7-3-5-9-14(12)23-15-10-6-4-8-13(15)16/h3-11,16H,1-2H3,(H2,19,22). The van der Waals surface area contributed by atoms with Crippen molar-refractivity contribution in [3.63, 3.8) is 0 Å². The molecule has 0 spiro atoms. The molecule has 0 radical (unpaired) electrons. The first kappa shape index (κ1) is 15.9. The highest BCUT2D eigenvalue weighted by Crippen LogP contribution is 2.45. The predicted molar refractivity (Wildman–Crippen MR) is 87.2 cm³/mol. The Balaban J connectivity index is 2.10. The minimum Gasteiger partial charge on any atom is -0.457 e. The zero-order chi connectivity index (χ0) is 17.3. The van der Waals surface area contributed by atoms with Crippen LogP contribution < -0.4 is 10.5 Å². The number of benzene rings is 2. The van der Waals surface area contributed by atoms with E-state index in [1.807, 2.05) is 36.4 Å². The van der Waals surface area contributed by atoms with Crippen molar-refractivity contribution in [2.75, 3.05) is 0 Å². The second-order valence-corrected chi connectivity index (χ2v) is 5.81. The maximum absolute atomic E-state index is 12.0. The van der Waals surface area contributed by atoms with E-state index in [4.69, 9.17) is 15.3 Å². The zero-order valence-electron chi connectivity index (χ0n) is 13.4. The molecule has 6 heteroatoms. The number of rotatable bonds is 2. The number of carbonyl (C=O) groups is 2. The Morgan fingerprint density at radius 2 is 1.54 bits per heavy atom. The molecule has 2 aromatic carbocycles. The van der Waals surface area contributed by atoms with E-state index in [-0.39, 0.29) is 0 Å². The van der Waals surface area contributed by atoms with Crippen molar-refractivity contribution >= 4 is 12.0 Å². The molecule has 1 aliphatic heterocycles. The van der Waals surface area contributed by atoms with Gasteiger partial charge in [0.25, 0.3) is 0 Å². The number of carbonyl (C=O) groups excluding carboxylic acids is 2. The smallest absolute Gasteiger partial charge is 0.348 e. The molecule has 0 fully saturated rings. The van der Waals surface area contributed by atoms with Crippen LogP contribution >= 0.6 is 0 Å². The molecule has 2 N–H and O–H groups in total. The monoisotopic (exact) mass is 326 g/mol. The van der Waals surface area contributed by atoms with Crippen LogP contribution in [0.5, 0.6) is 11.5 Å². The Labute approximate surface area is 139 Å². The fraction of sp³-hybridized carbons (Fsp3) is 0.222. The van der Waals surface area contributed by atoms with Crippen LogP contribution in [-0.4, -0.2) is 17.1 Å². The third-order valence-electron chi connectivity index (χ3n) is 3.76. The van der Waals surface area contributed by atoms with Crippen molar-refractivity contribution in [2.45, 2.75) is 19.9 Å². The van der Waals surface area contributed by atoms with Crippen LogP contribution in [0.1, 0.15) is 31.0 Å². The molecule has 0 aliphatic carbocycles. The summed E-state index contributed by atoms with van der Waals surface area (Å²) in [6, 6.07) is 13.0. The highest BCUT2D eigenvalue weighted by molar-refractivity contribution is 5.77. The molecular formula is C18H18N2O4. The first-order valence-electron chi connectivity index (χ1n) is 7.65. The Bertz CT molecular complexity index is 743. The highest BCUT2D eigenvalue weighted by Gasteiger charge is 2.36. The number of urea groups is 1. The van der Waals surface area contributed by atoms with E-state index < -0.39 is 24.0 Å². The molecule has 24 heavy (non-hydrogen) atoms. The number of hydrogen-bond donors (Lipinski definition) is 1. The van der Waals surface area contributed by atoms with E-state index in [0.29, 0.717) is 22.6 Å². The number of ether oxygens (including phenoxy) is 1. The minimum absolute atomic E-state index is 0.392. The van der Waals surface area contributed by atoms with Gasteiger partial charge < -0.3 is 15.3 Å². The van der Waals surface area contributed by atoms with Crippen molar-refractivity contribution in [2.24, 2.45) is 11.7 Å². The van der Waals surface area contributed by atoms with Gasteiger partial charge in [-0.25, -0.2) is 9.59 Å². The van der Waals surface area contributed by atoms with Crippen molar-refractivity contribution in [3.8, 4) is 11.5 Å². The Kier molecular flexibility index (Phi) is 4.12. The Morgan fingerprint density at radius 1 is 1.04 bits per heavy atom. The molecule has 0 bridgehead atoms. The summed E-state index contributed by atoms with van der Waals surface area (Å²) < 4.78 is 5.87. The van der Waals surface area contributed by atoms with Gasteiger partial charge in [-0.3, -0.25) is 0 Å². The van der Waals surface area contributed by atoms with Crippen LogP contribution in [0.4, 0.5) is 4.79 Å². The lowest BCUT2D eigenvalue weighted by Gasteiger charge is -2.34.